The molecule has 3 heteroatoms. The first-order valence-electron chi connectivity index (χ1n) is 4.63. The van der Waals surface area contributed by atoms with Gasteiger partial charge in [-0.1, -0.05) is 6.42 Å². The van der Waals surface area contributed by atoms with Crippen LogP contribution in [0.4, 0.5) is 0 Å². The third-order valence-corrected chi connectivity index (χ3v) is 3.20. The topological polar surface area (TPSA) is 38.9 Å². The molecule has 2 N–H and O–H groups in total. The summed E-state index contributed by atoms with van der Waals surface area (Å²) in [5.41, 5.74) is 7.26. The van der Waals surface area contributed by atoms with Crippen LogP contribution in [0.2, 0.25) is 0 Å². The Balaban J connectivity index is 2.14. The molecule has 1 aliphatic carbocycles. The highest BCUT2D eigenvalue weighted by molar-refractivity contribution is 9.10. The van der Waals surface area contributed by atoms with Gasteiger partial charge in [-0.25, -0.2) is 0 Å². The molecule has 1 heterocycles. The summed E-state index contributed by atoms with van der Waals surface area (Å²) in [6, 6.07) is 2.24. The van der Waals surface area contributed by atoms with Crippen LogP contribution in [0.15, 0.2) is 22.9 Å². The van der Waals surface area contributed by atoms with Gasteiger partial charge in [-0.15, -0.1) is 0 Å². The summed E-state index contributed by atoms with van der Waals surface area (Å²) in [5.74, 6) is 0.677. The molecule has 0 bridgehead atoms. The lowest BCUT2D eigenvalue weighted by molar-refractivity contribution is 0.264. The second-order valence-electron chi connectivity index (χ2n) is 3.65. The molecule has 0 aliphatic heterocycles. The first-order chi connectivity index (χ1) is 6.27. The monoisotopic (exact) mass is 240 g/mol. The van der Waals surface area contributed by atoms with Gasteiger partial charge in [-0.3, -0.25) is 4.98 Å². The zero-order chi connectivity index (χ0) is 9.26. The minimum atomic E-state index is 0.179. The van der Waals surface area contributed by atoms with E-state index in [-0.39, 0.29) is 6.04 Å². The summed E-state index contributed by atoms with van der Waals surface area (Å²) in [4.78, 5) is 4.12. The van der Waals surface area contributed by atoms with Gasteiger partial charge in [0.15, 0.2) is 0 Å². The van der Waals surface area contributed by atoms with Crippen LogP contribution in [0.3, 0.4) is 0 Å². The first kappa shape index (κ1) is 9.16. The second-order valence-corrected chi connectivity index (χ2v) is 4.57. The minimum Gasteiger partial charge on any atom is -0.324 e. The molecule has 2 rings (SSSR count). The van der Waals surface area contributed by atoms with E-state index in [0.717, 1.165) is 10.0 Å². The summed E-state index contributed by atoms with van der Waals surface area (Å²) in [5, 5.41) is 0. The van der Waals surface area contributed by atoms with Gasteiger partial charge in [-0.05, 0) is 46.3 Å². The quantitative estimate of drug-likeness (QED) is 0.864. The van der Waals surface area contributed by atoms with Crippen LogP contribution < -0.4 is 5.73 Å². The summed E-state index contributed by atoms with van der Waals surface area (Å²) < 4.78 is 1.01. The Labute approximate surface area is 86.7 Å². The molecule has 0 amide bonds. The molecule has 1 atom stereocenters. The fraction of sp³-hybridized carbons (Fsp3) is 0.500. The minimum absolute atomic E-state index is 0.179. The van der Waals surface area contributed by atoms with Crippen LogP contribution in [0.25, 0.3) is 0 Å². The number of pyridine rings is 1. The molecule has 1 saturated carbocycles. The van der Waals surface area contributed by atoms with E-state index >= 15 is 0 Å². The molecule has 70 valence electrons. The average Bonchev–Trinajstić information content (AvgIpc) is 2.01. The maximum absolute atomic E-state index is 6.11. The molecule has 1 aromatic rings. The molecule has 1 aliphatic rings. The van der Waals surface area contributed by atoms with E-state index in [1.54, 1.807) is 6.20 Å². The standard InChI is InChI=1S/C10H13BrN2/c11-9-4-8(5-13-6-9)10(12)7-2-1-3-7/h4-7,10H,1-3,12H2/t10-/m0/s1. The van der Waals surface area contributed by atoms with Crippen LogP contribution in [0.1, 0.15) is 30.9 Å². The lowest BCUT2D eigenvalue weighted by atomic mass is 9.78. The van der Waals surface area contributed by atoms with Gasteiger partial charge in [0.25, 0.3) is 0 Å². The van der Waals surface area contributed by atoms with Crippen molar-refractivity contribution in [2.24, 2.45) is 11.7 Å². The molecule has 0 radical (unpaired) electrons. The van der Waals surface area contributed by atoms with E-state index in [0.29, 0.717) is 5.92 Å². The molecule has 0 aromatic carbocycles. The lowest BCUT2D eigenvalue weighted by Gasteiger charge is -2.31. The van der Waals surface area contributed by atoms with Crippen molar-refractivity contribution in [3.05, 3.63) is 28.5 Å². The molecule has 0 saturated heterocycles. The maximum atomic E-state index is 6.11. The van der Waals surface area contributed by atoms with Crippen molar-refractivity contribution >= 4 is 15.9 Å². The summed E-state index contributed by atoms with van der Waals surface area (Å²) in [6.07, 6.45) is 7.53. The van der Waals surface area contributed by atoms with Crippen LogP contribution >= 0.6 is 15.9 Å². The van der Waals surface area contributed by atoms with Crippen molar-refractivity contribution in [2.75, 3.05) is 0 Å². The Hall–Kier alpha value is -0.410. The number of aromatic nitrogens is 1. The van der Waals surface area contributed by atoms with Crippen molar-refractivity contribution in [1.82, 2.24) is 4.98 Å². The smallest absolute Gasteiger partial charge is 0.0410 e. The van der Waals surface area contributed by atoms with Gasteiger partial charge >= 0.3 is 0 Å². The fourth-order valence-electron chi connectivity index (χ4n) is 1.68. The Kier molecular flexibility index (Phi) is 2.65. The number of nitrogens with two attached hydrogens (primary N) is 1. The Morgan fingerprint density at radius 3 is 2.77 bits per heavy atom. The fourth-order valence-corrected chi connectivity index (χ4v) is 2.06. The van der Waals surface area contributed by atoms with Crippen LogP contribution in [0, 0.1) is 5.92 Å². The molecule has 1 fully saturated rings. The number of hydrogen-bond donors (Lipinski definition) is 1. The van der Waals surface area contributed by atoms with Gasteiger partial charge in [-0.2, -0.15) is 0 Å². The van der Waals surface area contributed by atoms with E-state index in [1.807, 2.05) is 6.20 Å². The highest BCUT2D eigenvalue weighted by Gasteiger charge is 2.25. The van der Waals surface area contributed by atoms with Crippen molar-refractivity contribution in [2.45, 2.75) is 25.3 Å². The van der Waals surface area contributed by atoms with Gasteiger partial charge in [0.2, 0.25) is 0 Å². The Morgan fingerprint density at radius 1 is 1.46 bits per heavy atom. The van der Waals surface area contributed by atoms with Gasteiger partial charge < -0.3 is 5.73 Å². The van der Waals surface area contributed by atoms with E-state index in [9.17, 15) is 0 Å². The number of hydrogen-bond acceptors (Lipinski definition) is 2. The molecule has 2 nitrogen and oxygen atoms in total. The molecule has 1 aromatic heterocycles. The van der Waals surface area contributed by atoms with Crippen LogP contribution in [-0.4, -0.2) is 4.98 Å². The lowest BCUT2D eigenvalue weighted by Crippen LogP contribution is -2.26. The largest absolute Gasteiger partial charge is 0.324 e. The molecular weight excluding hydrogens is 228 g/mol. The number of nitrogens with zero attached hydrogens (tertiary/aromatic N) is 1. The average molecular weight is 241 g/mol. The molecule has 0 spiro atoms. The van der Waals surface area contributed by atoms with Crippen molar-refractivity contribution in [3.63, 3.8) is 0 Å². The van der Waals surface area contributed by atoms with Gasteiger partial charge in [0.1, 0.15) is 0 Å². The summed E-state index contributed by atoms with van der Waals surface area (Å²) in [6.45, 7) is 0. The van der Waals surface area contributed by atoms with Crippen molar-refractivity contribution in [3.8, 4) is 0 Å². The summed E-state index contributed by atoms with van der Waals surface area (Å²) in [7, 11) is 0. The normalized spacial score (nSPS) is 19.5. The molecular formula is C10H13BrN2. The molecule has 13 heavy (non-hydrogen) atoms. The van der Waals surface area contributed by atoms with E-state index in [1.165, 1.54) is 19.3 Å². The van der Waals surface area contributed by atoms with E-state index < -0.39 is 0 Å². The highest BCUT2D eigenvalue weighted by Crippen LogP contribution is 2.36. The number of halogens is 1. The van der Waals surface area contributed by atoms with Gasteiger partial charge in [0, 0.05) is 22.9 Å². The SMILES string of the molecule is N[C@H](c1cncc(Br)c1)C1CCC1. The van der Waals surface area contributed by atoms with Crippen molar-refractivity contribution < 1.29 is 0 Å². The third-order valence-electron chi connectivity index (χ3n) is 2.77. The predicted molar refractivity (Wildman–Crippen MR) is 56.2 cm³/mol. The van der Waals surface area contributed by atoms with Crippen molar-refractivity contribution in [1.29, 1.82) is 0 Å². The van der Waals surface area contributed by atoms with Crippen LogP contribution in [-0.2, 0) is 0 Å². The first-order valence-corrected chi connectivity index (χ1v) is 5.42. The van der Waals surface area contributed by atoms with E-state index in [4.69, 9.17) is 5.73 Å². The third kappa shape index (κ3) is 1.92. The highest BCUT2D eigenvalue weighted by atomic mass is 79.9. The summed E-state index contributed by atoms with van der Waals surface area (Å²) >= 11 is 3.40. The zero-order valence-corrected chi connectivity index (χ0v) is 9.00. The van der Waals surface area contributed by atoms with E-state index in [2.05, 4.69) is 27.0 Å². The Bertz CT molecular complexity index is 297. The second kappa shape index (κ2) is 3.76. The number of rotatable bonds is 2. The van der Waals surface area contributed by atoms with Gasteiger partial charge in [0.05, 0.1) is 0 Å². The predicted octanol–water partition coefficient (Wildman–Crippen LogP) is 2.64. The zero-order valence-electron chi connectivity index (χ0n) is 7.41. The van der Waals surface area contributed by atoms with Crippen LogP contribution in [0.5, 0.6) is 0 Å². The maximum Gasteiger partial charge on any atom is 0.0410 e. The Morgan fingerprint density at radius 2 is 2.23 bits per heavy atom. The molecule has 0 unspecified atom stereocenters.